The first-order valence-corrected chi connectivity index (χ1v) is 6.30. The van der Waals surface area contributed by atoms with Crippen LogP contribution in [0.5, 0.6) is 0 Å². The molecule has 2 rings (SSSR count). The van der Waals surface area contributed by atoms with Gasteiger partial charge in [-0.2, -0.15) is 0 Å². The molecule has 1 N–H and O–H groups in total. The van der Waals surface area contributed by atoms with Gasteiger partial charge in [0.1, 0.15) is 0 Å². The highest BCUT2D eigenvalue weighted by molar-refractivity contribution is 5.79. The Hall–Kier alpha value is -0.830. The molecule has 0 aromatic rings. The summed E-state index contributed by atoms with van der Waals surface area (Å²) in [5, 5.41) is 9.51. The number of hydrogen-bond donors (Lipinski definition) is 1. The molecule has 16 heavy (non-hydrogen) atoms. The number of likely N-dealkylation sites (tertiary alicyclic amines) is 1. The van der Waals surface area contributed by atoms with Crippen LogP contribution in [0.2, 0.25) is 0 Å². The smallest absolute Gasteiger partial charge is 0.226 e. The van der Waals surface area contributed by atoms with Crippen molar-refractivity contribution in [2.75, 3.05) is 13.1 Å². The van der Waals surface area contributed by atoms with E-state index in [0.717, 1.165) is 38.8 Å². The lowest BCUT2D eigenvalue weighted by molar-refractivity contribution is -0.134. The number of carbonyl (C=O) groups excluding carboxylic acids is 1. The predicted octanol–water partition coefficient (Wildman–Crippen LogP) is 1.57. The van der Waals surface area contributed by atoms with E-state index in [-0.39, 0.29) is 17.9 Å². The summed E-state index contributed by atoms with van der Waals surface area (Å²) in [4.78, 5) is 14.1. The topological polar surface area (TPSA) is 40.5 Å². The Balaban J connectivity index is 1.89. The Morgan fingerprint density at radius 1 is 1.44 bits per heavy atom. The molecule has 90 valence electrons. The van der Waals surface area contributed by atoms with Gasteiger partial charge < -0.3 is 10.0 Å². The fourth-order valence-corrected chi connectivity index (χ4v) is 2.66. The maximum absolute atomic E-state index is 12.2. The highest BCUT2D eigenvalue weighted by atomic mass is 16.3. The lowest BCUT2D eigenvalue weighted by Crippen LogP contribution is -2.35. The first kappa shape index (κ1) is 11.6. The van der Waals surface area contributed by atoms with E-state index in [0.29, 0.717) is 5.91 Å². The molecular weight excluding hydrogens is 202 g/mol. The van der Waals surface area contributed by atoms with Gasteiger partial charge in [-0.1, -0.05) is 12.2 Å². The predicted molar refractivity (Wildman–Crippen MR) is 62.8 cm³/mol. The molecule has 1 amide bonds. The zero-order valence-electron chi connectivity index (χ0n) is 9.93. The van der Waals surface area contributed by atoms with Crippen LogP contribution in [0.4, 0.5) is 0 Å². The van der Waals surface area contributed by atoms with E-state index in [4.69, 9.17) is 0 Å². The SMILES string of the molecule is CC(O)C1CCN(C(=O)C2CC=CCC2)C1. The minimum Gasteiger partial charge on any atom is -0.393 e. The number of nitrogens with zero attached hydrogens (tertiary/aromatic N) is 1. The number of aliphatic hydroxyl groups is 1. The third-order valence-corrected chi connectivity index (χ3v) is 3.84. The Morgan fingerprint density at radius 2 is 2.25 bits per heavy atom. The van der Waals surface area contributed by atoms with Crippen LogP contribution in [0.3, 0.4) is 0 Å². The molecule has 1 saturated heterocycles. The van der Waals surface area contributed by atoms with Crippen molar-refractivity contribution < 1.29 is 9.90 Å². The van der Waals surface area contributed by atoms with E-state index in [1.54, 1.807) is 0 Å². The lowest BCUT2D eigenvalue weighted by atomic mass is 9.93. The molecule has 0 radical (unpaired) electrons. The molecule has 3 atom stereocenters. The Labute approximate surface area is 97.1 Å². The molecule has 0 aromatic carbocycles. The van der Waals surface area contributed by atoms with Crippen molar-refractivity contribution in [1.82, 2.24) is 4.90 Å². The fraction of sp³-hybridized carbons (Fsp3) is 0.769. The second-order valence-corrected chi connectivity index (χ2v) is 5.05. The van der Waals surface area contributed by atoms with Gasteiger partial charge in [-0.3, -0.25) is 4.79 Å². The molecular formula is C13H21NO2. The standard InChI is InChI=1S/C13H21NO2/c1-10(15)12-7-8-14(9-12)13(16)11-5-3-2-4-6-11/h2-3,10-12,15H,4-9H2,1H3. The van der Waals surface area contributed by atoms with Gasteiger partial charge in [0.25, 0.3) is 0 Å². The zero-order chi connectivity index (χ0) is 11.5. The minimum absolute atomic E-state index is 0.192. The summed E-state index contributed by atoms with van der Waals surface area (Å²) >= 11 is 0. The van der Waals surface area contributed by atoms with Gasteiger partial charge in [-0.25, -0.2) is 0 Å². The first-order valence-electron chi connectivity index (χ1n) is 6.30. The van der Waals surface area contributed by atoms with Crippen molar-refractivity contribution in [3.63, 3.8) is 0 Å². The minimum atomic E-state index is -0.288. The number of allylic oxidation sites excluding steroid dienone is 2. The van der Waals surface area contributed by atoms with E-state index in [2.05, 4.69) is 12.2 Å². The normalized spacial score (nSPS) is 31.8. The number of rotatable bonds is 2. The van der Waals surface area contributed by atoms with Crippen LogP contribution in [0.1, 0.15) is 32.6 Å². The molecule has 2 aliphatic rings. The number of aliphatic hydroxyl groups excluding tert-OH is 1. The van der Waals surface area contributed by atoms with Crippen molar-refractivity contribution >= 4 is 5.91 Å². The molecule has 0 saturated carbocycles. The third kappa shape index (κ3) is 2.46. The summed E-state index contributed by atoms with van der Waals surface area (Å²) < 4.78 is 0. The van der Waals surface area contributed by atoms with Crippen molar-refractivity contribution in [3.05, 3.63) is 12.2 Å². The molecule has 3 heteroatoms. The van der Waals surface area contributed by atoms with E-state index in [1.165, 1.54) is 0 Å². The summed E-state index contributed by atoms with van der Waals surface area (Å²) in [6.07, 6.45) is 7.86. The highest BCUT2D eigenvalue weighted by Crippen LogP contribution is 2.25. The van der Waals surface area contributed by atoms with Gasteiger partial charge in [0.15, 0.2) is 0 Å². The average Bonchev–Trinajstić information content (AvgIpc) is 2.78. The molecule has 1 fully saturated rings. The molecule has 0 aromatic heterocycles. The Bertz CT molecular complexity index is 286. The van der Waals surface area contributed by atoms with E-state index >= 15 is 0 Å². The van der Waals surface area contributed by atoms with Crippen molar-refractivity contribution in [2.45, 2.75) is 38.7 Å². The van der Waals surface area contributed by atoms with Crippen LogP contribution in [0.25, 0.3) is 0 Å². The summed E-state index contributed by atoms with van der Waals surface area (Å²) in [6, 6.07) is 0. The van der Waals surface area contributed by atoms with Gasteiger partial charge in [0.05, 0.1) is 6.10 Å². The van der Waals surface area contributed by atoms with Crippen LogP contribution < -0.4 is 0 Å². The van der Waals surface area contributed by atoms with Gasteiger partial charge in [-0.05, 0) is 32.6 Å². The maximum atomic E-state index is 12.2. The summed E-state index contributed by atoms with van der Waals surface area (Å²) in [5.74, 6) is 0.772. The molecule has 0 bridgehead atoms. The van der Waals surface area contributed by atoms with Crippen LogP contribution in [-0.4, -0.2) is 35.1 Å². The highest BCUT2D eigenvalue weighted by Gasteiger charge is 2.32. The number of carbonyl (C=O) groups is 1. The molecule has 1 heterocycles. The summed E-state index contributed by atoms with van der Waals surface area (Å²) in [6.45, 7) is 3.40. The van der Waals surface area contributed by atoms with Crippen molar-refractivity contribution in [1.29, 1.82) is 0 Å². The first-order chi connectivity index (χ1) is 7.68. The third-order valence-electron chi connectivity index (χ3n) is 3.84. The van der Waals surface area contributed by atoms with Crippen molar-refractivity contribution in [3.8, 4) is 0 Å². The second-order valence-electron chi connectivity index (χ2n) is 5.05. The largest absolute Gasteiger partial charge is 0.393 e. The molecule has 1 aliphatic carbocycles. The quantitative estimate of drug-likeness (QED) is 0.722. The van der Waals surface area contributed by atoms with E-state index < -0.39 is 0 Å². The molecule has 3 unspecified atom stereocenters. The summed E-state index contributed by atoms with van der Waals surface area (Å²) in [7, 11) is 0. The van der Waals surface area contributed by atoms with Gasteiger partial charge >= 0.3 is 0 Å². The molecule has 1 aliphatic heterocycles. The van der Waals surface area contributed by atoms with Crippen LogP contribution in [-0.2, 0) is 4.79 Å². The van der Waals surface area contributed by atoms with Crippen LogP contribution >= 0.6 is 0 Å². The van der Waals surface area contributed by atoms with Gasteiger partial charge in [0.2, 0.25) is 5.91 Å². The maximum Gasteiger partial charge on any atom is 0.226 e. The van der Waals surface area contributed by atoms with Gasteiger partial charge in [-0.15, -0.1) is 0 Å². The monoisotopic (exact) mass is 223 g/mol. The fourth-order valence-electron chi connectivity index (χ4n) is 2.66. The Morgan fingerprint density at radius 3 is 2.81 bits per heavy atom. The lowest BCUT2D eigenvalue weighted by Gasteiger charge is -2.24. The van der Waals surface area contributed by atoms with E-state index in [9.17, 15) is 9.90 Å². The van der Waals surface area contributed by atoms with Crippen LogP contribution in [0.15, 0.2) is 12.2 Å². The van der Waals surface area contributed by atoms with Crippen LogP contribution in [0, 0.1) is 11.8 Å². The molecule has 0 spiro atoms. The van der Waals surface area contributed by atoms with Gasteiger partial charge in [0, 0.05) is 24.9 Å². The average molecular weight is 223 g/mol. The number of hydrogen-bond acceptors (Lipinski definition) is 2. The number of amides is 1. The van der Waals surface area contributed by atoms with Crippen molar-refractivity contribution in [2.24, 2.45) is 11.8 Å². The zero-order valence-corrected chi connectivity index (χ0v) is 9.93. The summed E-state index contributed by atoms with van der Waals surface area (Å²) in [5.41, 5.74) is 0. The molecule has 3 nitrogen and oxygen atoms in total. The Kier molecular flexibility index (Phi) is 3.64. The second kappa shape index (κ2) is 5.00. The van der Waals surface area contributed by atoms with E-state index in [1.807, 2.05) is 11.8 Å².